The SMILES string of the molecule is CC(C)=CC(OC(=O)[14CH]=[N+]=[N-])C(Cl)(Cl)C(F)(F)F. The van der Waals surface area contributed by atoms with Gasteiger partial charge in [0.05, 0.1) is 0 Å². The molecule has 0 aromatic heterocycles. The number of rotatable bonds is 4. The molecule has 0 heterocycles. The second-order valence-corrected chi connectivity index (χ2v) is 4.85. The molecule has 0 aliphatic heterocycles. The predicted octanol–water partition coefficient (Wildman–Crippen LogP) is 2.90. The van der Waals surface area contributed by atoms with Gasteiger partial charge in [0.25, 0.3) is 4.33 Å². The van der Waals surface area contributed by atoms with Crippen molar-refractivity contribution >= 4 is 35.4 Å². The molecule has 0 rings (SSSR count). The van der Waals surface area contributed by atoms with E-state index in [2.05, 4.69) is 9.53 Å². The van der Waals surface area contributed by atoms with Gasteiger partial charge in [-0.3, -0.25) is 0 Å². The number of hydrogen-bond donors (Lipinski definition) is 0. The Morgan fingerprint density at radius 2 is 1.94 bits per heavy atom. The van der Waals surface area contributed by atoms with Crippen LogP contribution in [-0.2, 0) is 9.53 Å². The highest BCUT2D eigenvalue weighted by atomic mass is 35.5. The van der Waals surface area contributed by atoms with Crippen molar-refractivity contribution in [1.29, 1.82) is 0 Å². The lowest BCUT2D eigenvalue weighted by Crippen LogP contribution is -2.46. The molecule has 0 radical (unpaired) electrons. The van der Waals surface area contributed by atoms with E-state index in [1.165, 1.54) is 13.8 Å². The normalized spacial score (nSPS) is 13.3. The van der Waals surface area contributed by atoms with Crippen molar-refractivity contribution < 1.29 is 27.5 Å². The first-order valence-electron chi connectivity index (χ1n) is 4.50. The smallest absolute Gasteiger partial charge is 0.425 e. The van der Waals surface area contributed by atoms with Crippen LogP contribution in [0.15, 0.2) is 11.6 Å². The van der Waals surface area contributed by atoms with E-state index >= 15 is 0 Å². The van der Waals surface area contributed by atoms with Crippen molar-refractivity contribution in [2.75, 3.05) is 0 Å². The lowest BCUT2D eigenvalue weighted by molar-refractivity contribution is -0.170. The molecule has 0 aliphatic rings. The molecule has 0 bridgehead atoms. The van der Waals surface area contributed by atoms with Gasteiger partial charge in [0.2, 0.25) is 0 Å². The van der Waals surface area contributed by atoms with Gasteiger partial charge in [-0.15, -0.1) is 0 Å². The molecule has 0 aromatic rings. The van der Waals surface area contributed by atoms with Crippen LogP contribution < -0.4 is 0 Å². The average Bonchev–Trinajstić information content (AvgIpc) is 2.14. The van der Waals surface area contributed by atoms with E-state index in [4.69, 9.17) is 28.7 Å². The molecule has 18 heavy (non-hydrogen) atoms. The molecule has 4 nitrogen and oxygen atoms in total. The Hall–Kier alpha value is -1.04. The molecule has 0 N–H and O–H groups in total. The summed E-state index contributed by atoms with van der Waals surface area (Å²) in [5, 5.41) is 0. The van der Waals surface area contributed by atoms with Crippen LogP contribution in [0.1, 0.15) is 13.8 Å². The Bertz CT molecular complexity index is 397. The minimum Gasteiger partial charge on any atom is -0.446 e. The highest BCUT2D eigenvalue weighted by molar-refractivity contribution is 6.49. The second-order valence-electron chi connectivity index (χ2n) is 3.47. The van der Waals surface area contributed by atoms with E-state index in [1.807, 2.05) is 0 Å². The Labute approximate surface area is 111 Å². The van der Waals surface area contributed by atoms with Crippen LogP contribution in [0.25, 0.3) is 5.53 Å². The summed E-state index contributed by atoms with van der Waals surface area (Å²) >= 11 is 10.4. The molecule has 102 valence electrons. The molecule has 0 aliphatic carbocycles. The van der Waals surface area contributed by atoms with E-state index in [0.717, 1.165) is 6.08 Å². The Kier molecular flexibility index (Phi) is 5.86. The van der Waals surface area contributed by atoms with Gasteiger partial charge in [-0.05, 0) is 19.9 Å². The lowest BCUT2D eigenvalue weighted by atomic mass is 10.1. The number of nitrogens with zero attached hydrogens (tertiary/aromatic N) is 2. The first kappa shape index (κ1) is 17.0. The topological polar surface area (TPSA) is 62.7 Å². The molecule has 0 fully saturated rings. The molecule has 0 spiro atoms. The number of esters is 1. The maximum absolute atomic E-state index is 12.6. The monoisotopic (exact) mass is 306 g/mol. The lowest BCUT2D eigenvalue weighted by Gasteiger charge is -2.28. The molecule has 1 unspecified atom stereocenters. The molecule has 9 heteroatoms. The van der Waals surface area contributed by atoms with Crippen molar-refractivity contribution in [3.05, 3.63) is 17.2 Å². The fourth-order valence-corrected chi connectivity index (χ4v) is 1.09. The van der Waals surface area contributed by atoms with Gasteiger partial charge in [0.1, 0.15) is 0 Å². The third-order valence-corrected chi connectivity index (χ3v) is 2.48. The van der Waals surface area contributed by atoms with Gasteiger partial charge < -0.3 is 10.3 Å². The summed E-state index contributed by atoms with van der Waals surface area (Å²) in [6.07, 6.45) is -5.75. The highest BCUT2D eigenvalue weighted by Gasteiger charge is 2.59. The fraction of sp³-hybridized carbons (Fsp3) is 0.556. The number of halogens is 5. The minimum atomic E-state index is -5.01. The second kappa shape index (κ2) is 6.22. The summed E-state index contributed by atoms with van der Waals surface area (Å²) in [6.45, 7) is 2.95. The van der Waals surface area contributed by atoms with E-state index < -0.39 is 22.6 Å². The maximum Gasteiger partial charge on any atom is 0.425 e. The van der Waals surface area contributed by atoms with Crippen LogP contribution in [0.4, 0.5) is 13.2 Å². The summed E-state index contributed by atoms with van der Waals surface area (Å²) < 4.78 is 38.9. The van der Waals surface area contributed by atoms with Crippen molar-refractivity contribution in [3.63, 3.8) is 0 Å². The summed E-state index contributed by atoms with van der Waals surface area (Å²) in [6, 6.07) is 0. The minimum absolute atomic E-state index is 0.284. The highest BCUT2D eigenvalue weighted by Crippen LogP contribution is 2.44. The summed E-state index contributed by atoms with van der Waals surface area (Å²) in [5.41, 5.74) is 8.47. The number of alkyl halides is 5. The molecule has 0 amide bonds. The average molecular weight is 307 g/mol. The van der Waals surface area contributed by atoms with Gasteiger partial charge in [0, 0.05) is 0 Å². The van der Waals surface area contributed by atoms with Gasteiger partial charge in [0.15, 0.2) is 6.10 Å². The Morgan fingerprint density at radius 3 is 2.28 bits per heavy atom. The van der Waals surface area contributed by atoms with Gasteiger partial charge in [-0.2, -0.15) is 18.0 Å². The van der Waals surface area contributed by atoms with Crippen LogP contribution in [0.3, 0.4) is 0 Å². The summed E-state index contributed by atoms with van der Waals surface area (Å²) in [5.74, 6) is -1.31. The number of carbonyl (C=O) groups excluding carboxylic acids is 1. The van der Waals surface area contributed by atoms with E-state index in [0.29, 0.717) is 5.57 Å². The largest absolute Gasteiger partial charge is 0.446 e. The first-order chi connectivity index (χ1) is 8.02. The molecule has 0 saturated carbocycles. The van der Waals surface area contributed by atoms with Gasteiger partial charge >= 0.3 is 18.4 Å². The van der Waals surface area contributed by atoms with E-state index in [9.17, 15) is 18.0 Å². The van der Waals surface area contributed by atoms with Crippen LogP contribution in [0, 0.1) is 0 Å². The standard InChI is InChI=1S/C9H9Cl2F3N2O2/c1-5(2)3-6(18-7(17)4-16-15)8(10,11)9(12,13)14/h3-4,6H,1-2H3/i4+2. The fourth-order valence-electron chi connectivity index (χ4n) is 0.879. The van der Waals surface area contributed by atoms with Crippen molar-refractivity contribution in [2.24, 2.45) is 0 Å². The predicted molar refractivity (Wildman–Crippen MR) is 59.5 cm³/mol. The van der Waals surface area contributed by atoms with Crippen LogP contribution in [0.5, 0.6) is 0 Å². The third kappa shape index (κ3) is 4.68. The van der Waals surface area contributed by atoms with E-state index in [1.54, 1.807) is 0 Å². The van der Waals surface area contributed by atoms with Crippen LogP contribution in [-0.4, -0.2) is 33.6 Å². The molecular weight excluding hydrogens is 298 g/mol. The van der Waals surface area contributed by atoms with Crippen molar-refractivity contribution in [1.82, 2.24) is 0 Å². The zero-order valence-corrected chi connectivity index (χ0v) is 10.8. The first-order valence-corrected chi connectivity index (χ1v) is 5.25. The number of carbonyl (C=O) groups is 1. The van der Waals surface area contributed by atoms with E-state index in [-0.39, 0.29) is 6.21 Å². The quantitative estimate of drug-likeness (QED) is 0.200. The summed E-state index contributed by atoms with van der Waals surface area (Å²) in [4.78, 5) is 13.3. The van der Waals surface area contributed by atoms with Crippen LogP contribution in [0.2, 0.25) is 0 Å². The number of hydrogen-bond acceptors (Lipinski definition) is 2. The molecular formula is C9H9Cl2F3N2O2. The van der Waals surface area contributed by atoms with Crippen molar-refractivity contribution in [3.8, 4) is 0 Å². The molecule has 0 aromatic carbocycles. The Balaban J connectivity index is 5.31. The zero-order valence-electron chi connectivity index (χ0n) is 9.33. The van der Waals surface area contributed by atoms with Crippen molar-refractivity contribution in [2.45, 2.75) is 30.5 Å². The van der Waals surface area contributed by atoms with Crippen LogP contribution >= 0.6 is 23.2 Å². The third-order valence-electron chi connectivity index (χ3n) is 1.63. The number of ether oxygens (including phenoxy) is 1. The Morgan fingerprint density at radius 1 is 1.44 bits per heavy atom. The number of allylic oxidation sites excluding steroid dienone is 1. The molecule has 1 atom stereocenters. The van der Waals surface area contributed by atoms with Gasteiger partial charge in [-0.1, -0.05) is 28.8 Å². The zero-order chi connectivity index (χ0) is 14.6. The maximum atomic E-state index is 12.6. The summed E-state index contributed by atoms with van der Waals surface area (Å²) in [7, 11) is 0. The molecule has 0 saturated heterocycles. The van der Waals surface area contributed by atoms with Gasteiger partial charge in [-0.25, -0.2) is 4.79 Å².